The Balaban J connectivity index is 1.31. The summed E-state index contributed by atoms with van der Waals surface area (Å²) in [5.41, 5.74) is 4.00. The van der Waals surface area contributed by atoms with Crippen LogP contribution in [-0.2, 0) is 6.54 Å². The molecule has 2 fully saturated rings. The Morgan fingerprint density at radius 2 is 1.91 bits per heavy atom. The smallest absolute Gasteiger partial charge is 0.273 e. The highest BCUT2D eigenvalue weighted by Crippen LogP contribution is 2.40. The summed E-state index contributed by atoms with van der Waals surface area (Å²) in [6.07, 6.45) is 9.80. The van der Waals surface area contributed by atoms with Crippen LogP contribution in [0.15, 0.2) is 47.1 Å². The van der Waals surface area contributed by atoms with Gasteiger partial charge in [-0.05, 0) is 61.3 Å². The van der Waals surface area contributed by atoms with Crippen molar-refractivity contribution in [3.8, 4) is 0 Å². The fourth-order valence-corrected chi connectivity index (χ4v) is 4.92. The molecular formula is C27H32N4O3. The third-order valence-electron chi connectivity index (χ3n) is 6.98. The first-order valence-electron chi connectivity index (χ1n) is 12.4. The summed E-state index contributed by atoms with van der Waals surface area (Å²) < 4.78 is 5.40. The molecule has 3 aromatic rings. The van der Waals surface area contributed by atoms with E-state index in [4.69, 9.17) is 4.52 Å². The van der Waals surface area contributed by atoms with Gasteiger partial charge in [-0.25, -0.2) is 0 Å². The molecule has 2 saturated carbocycles. The van der Waals surface area contributed by atoms with E-state index < -0.39 is 0 Å². The molecule has 1 aromatic carbocycles. The van der Waals surface area contributed by atoms with Gasteiger partial charge in [-0.15, -0.1) is 0 Å². The van der Waals surface area contributed by atoms with E-state index in [2.05, 4.69) is 32.9 Å². The molecule has 178 valence electrons. The van der Waals surface area contributed by atoms with E-state index in [0.29, 0.717) is 29.8 Å². The molecule has 5 rings (SSSR count). The number of nitrogens with zero attached hydrogens (tertiary/aromatic N) is 1. The highest BCUT2D eigenvalue weighted by molar-refractivity contribution is 5.93. The average Bonchev–Trinajstić information content (AvgIpc) is 3.42. The van der Waals surface area contributed by atoms with E-state index in [0.717, 1.165) is 48.1 Å². The Morgan fingerprint density at radius 1 is 1.09 bits per heavy atom. The number of hydrogen-bond acceptors (Lipinski definition) is 4. The molecule has 2 aliphatic carbocycles. The molecule has 0 aliphatic heterocycles. The summed E-state index contributed by atoms with van der Waals surface area (Å²) in [7, 11) is 0. The maximum Gasteiger partial charge on any atom is 0.273 e. The van der Waals surface area contributed by atoms with Crippen LogP contribution in [0.2, 0.25) is 0 Å². The SMILES string of the molecule is Cc1c[nH]c(C(=O)NCc2cccc(C(NC(=O)c3cc(C4CC4)on3)C3CCCCC3)c2)c1. The van der Waals surface area contributed by atoms with Gasteiger partial charge in [-0.1, -0.05) is 48.7 Å². The van der Waals surface area contributed by atoms with Gasteiger partial charge in [0.05, 0.1) is 6.04 Å². The molecule has 0 bridgehead atoms. The number of rotatable bonds is 8. The van der Waals surface area contributed by atoms with Crippen LogP contribution >= 0.6 is 0 Å². The van der Waals surface area contributed by atoms with E-state index in [1.165, 1.54) is 19.3 Å². The number of benzene rings is 1. The fraction of sp³-hybridized carbons (Fsp3) is 0.444. The van der Waals surface area contributed by atoms with Crippen LogP contribution in [0.4, 0.5) is 0 Å². The molecule has 34 heavy (non-hydrogen) atoms. The Hall–Kier alpha value is -3.35. The Bertz CT molecular complexity index is 1150. The van der Waals surface area contributed by atoms with Crippen LogP contribution in [-0.4, -0.2) is 22.0 Å². The Labute approximate surface area is 199 Å². The van der Waals surface area contributed by atoms with Gasteiger partial charge < -0.3 is 20.1 Å². The molecule has 2 heterocycles. The standard InChI is InChI=1S/C27H32N4O3/c1-17-12-22(28-15-17)26(32)29-16-18-6-5-9-21(13-18)25(20-7-3-2-4-8-20)30-27(33)23-14-24(34-31-23)19-10-11-19/h5-6,9,12-15,19-20,25,28H,2-4,7-8,10-11,16H2,1H3,(H,29,32)(H,30,33). The monoisotopic (exact) mass is 460 g/mol. The number of amides is 2. The lowest BCUT2D eigenvalue weighted by molar-refractivity contribution is 0.0902. The van der Waals surface area contributed by atoms with Crippen LogP contribution in [0.1, 0.15) is 100 Å². The van der Waals surface area contributed by atoms with Gasteiger partial charge in [0.15, 0.2) is 5.69 Å². The zero-order valence-electron chi connectivity index (χ0n) is 19.6. The second kappa shape index (κ2) is 9.87. The molecule has 2 aromatic heterocycles. The van der Waals surface area contributed by atoms with Crippen molar-refractivity contribution in [2.24, 2.45) is 5.92 Å². The molecule has 2 amide bonds. The summed E-state index contributed by atoms with van der Waals surface area (Å²) in [5.74, 6) is 1.29. The molecule has 1 unspecified atom stereocenters. The maximum absolute atomic E-state index is 13.1. The summed E-state index contributed by atoms with van der Waals surface area (Å²) >= 11 is 0. The molecule has 7 nitrogen and oxygen atoms in total. The molecule has 0 radical (unpaired) electrons. The lowest BCUT2D eigenvalue weighted by Gasteiger charge is -2.31. The topological polar surface area (TPSA) is 100 Å². The number of H-pyrrole nitrogens is 1. The van der Waals surface area contributed by atoms with E-state index in [9.17, 15) is 9.59 Å². The molecule has 7 heteroatoms. The largest absolute Gasteiger partial charge is 0.360 e. The zero-order valence-corrected chi connectivity index (χ0v) is 19.6. The molecule has 3 N–H and O–H groups in total. The zero-order chi connectivity index (χ0) is 23.5. The van der Waals surface area contributed by atoms with E-state index >= 15 is 0 Å². The highest BCUT2D eigenvalue weighted by Gasteiger charge is 2.31. The van der Waals surface area contributed by atoms with Gasteiger partial charge in [-0.2, -0.15) is 0 Å². The van der Waals surface area contributed by atoms with Crippen LogP contribution in [0, 0.1) is 12.8 Å². The normalized spacial score (nSPS) is 17.3. The minimum Gasteiger partial charge on any atom is -0.360 e. The number of carbonyl (C=O) groups is 2. The highest BCUT2D eigenvalue weighted by atomic mass is 16.5. The summed E-state index contributed by atoms with van der Waals surface area (Å²) in [6.45, 7) is 2.37. The second-order valence-corrected chi connectivity index (χ2v) is 9.76. The van der Waals surface area contributed by atoms with Gasteiger partial charge in [0.1, 0.15) is 11.5 Å². The van der Waals surface area contributed by atoms with Gasteiger partial charge >= 0.3 is 0 Å². The second-order valence-electron chi connectivity index (χ2n) is 9.76. The van der Waals surface area contributed by atoms with Crippen LogP contribution in [0.5, 0.6) is 0 Å². The van der Waals surface area contributed by atoms with Gasteiger partial charge in [0.25, 0.3) is 11.8 Å². The predicted molar refractivity (Wildman–Crippen MR) is 128 cm³/mol. The summed E-state index contributed by atoms with van der Waals surface area (Å²) in [6, 6.07) is 11.7. The molecular weight excluding hydrogens is 428 g/mol. The Kier molecular flexibility index (Phi) is 6.52. The van der Waals surface area contributed by atoms with Gasteiger partial charge in [0, 0.05) is 24.7 Å². The van der Waals surface area contributed by atoms with Crippen molar-refractivity contribution >= 4 is 11.8 Å². The van der Waals surface area contributed by atoms with Crippen molar-refractivity contribution in [3.05, 3.63) is 76.4 Å². The third kappa shape index (κ3) is 5.24. The van der Waals surface area contributed by atoms with Crippen molar-refractivity contribution in [1.82, 2.24) is 20.8 Å². The van der Waals surface area contributed by atoms with Crippen molar-refractivity contribution in [2.75, 3.05) is 0 Å². The van der Waals surface area contributed by atoms with Crippen molar-refractivity contribution in [1.29, 1.82) is 0 Å². The molecule has 2 aliphatic rings. The van der Waals surface area contributed by atoms with Crippen LogP contribution < -0.4 is 10.6 Å². The first kappa shape index (κ1) is 22.4. The van der Waals surface area contributed by atoms with Crippen LogP contribution in [0.3, 0.4) is 0 Å². The van der Waals surface area contributed by atoms with Crippen molar-refractivity contribution in [3.63, 3.8) is 0 Å². The minimum atomic E-state index is -0.188. The van der Waals surface area contributed by atoms with Crippen molar-refractivity contribution in [2.45, 2.75) is 70.4 Å². The Morgan fingerprint density at radius 3 is 2.65 bits per heavy atom. The van der Waals surface area contributed by atoms with E-state index in [1.807, 2.05) is 31.3 Å². The van der Waals surface area contributed by atoms with Gasteiger partial charge in [0.2, 0.25) is 0 Å². The number of aryl methyl sites for hydroxylation is 1. The number of aromatic nitrogens is 2. The number of aromatic amines is 1. The summed E-state index contributed by atoms with van der Waals surface area (Å²) in [5, 5.41) is 10.3. The summed E-state index contributed by atoms with van der Waals surface area (Å²) in [4.78, 5) is 28.5. The molecule has 1 atom stereocenters. The van der Waals surface area contributed by atoms with E-state index in [1.54, 1.807) is 6.07 Å². The lowest BCUT2D eigenvalue weighted by Crippen LogP contribution is -2.34. The first-order chi connectivity index (χ1) is 16.6. The minimum absolute atomic E-state index is 0.101. The van der Waals surface area contributed by atoms with E-state index in [-0.39, 0.29) is 17.9 Å². The fourth-order valence-electron chi connectivity index (χ4n) is 4.92. The maximum atomic E-state index is 13.1. The van der Waals surface area contributed by atoms with Crippen LogP contribution in [0.25, 0.3) is 0 Å². The third-order valence-corrected chi connectivity index (χ3v) is 6.98. The number of nitrogens with one attached hydrogen (secondary N) is 3. The lowest BCUT2D eigenvalue weighted by atomic mass is 9.80. The van der Waals surface area contributed by atoms with Crippen molar-refractivity contribution < 1.29 is 14.1 Å². The average molecular weight is 461 g/mol. The number of hydrogen-bond donors (Lipinski definition) is 3. The first-order valence-corrected chi connectivity index (χ1v) is 12.4. The molecule has 0 saturated heterocycles. The predicted octanol–water partition coefficient (Wildman–Crippen LogP) is 5.17. The van der Waals surface area contributed by atoms with Gasteiger partial charge in [-0.3, -0.25) is 9.59 Å². The number of carbonyl (C=O) groups excluding carboxylic acids is 2. The quantitative estimate of drug-likeness (QED) is 0.432. The molecule has 0 spiro atoms.